The predicted molar refractivity (Wildman–Crippen MR) is 73.3 cm³/mol. The molecule has 0 spiro atoms. The Kier molecular flexibility index (Phi) is 3.42. The highest BCUT2D eigenvalue weighted by molar-refractivity contribution is 5.67. The standard InChI is InChI=1S/C15H20N2O2/c18-15(19)17(12-6-8-16-9-7-12)14-10-13(14)11-4-2-1-3-5-11/h1-5,12-14,16H,6-10H2,(H,18,19). The van der Waals surface area contributed by atoms with Crippen molar-refractivity contribution in [2.75, 3.05) is 13.1 Å². The molecule has 0 radical (unpaired) electrons. The topological polar surface area (TPSA) is 52.6 Å². The minimum Gasteiger partial charge on any atom is -0.465 e. The molecule has 2 aliphatic rings. The molecule has 1 saturated carbocycles. The van der Waals surface area contributed by atoms with E-state index in [2.05, 4.69) is 17.4 Å². The zero-order chi connectivity index (χ0) is 13.2. The van der Waals surface area contributed by atoms with E-state index in [1.165, 1.54) is 5.56 Å². The molecule has 1 amide bonds. The Morgan fingerprint density at radius 3 is 2.53 bits per heavy atom. The van der Waals surface area contributed by atoms with Crippen molar-refractivity contribution in [2.24, 2.45) is 0 Å². The van der Waals surface area contributed by atoms with E-state index in [0.717, 1.165) is 32.4 Å². The van der Waals surface area contributed by atoms with Crippen LogP contribution in [0.1, 0.15) is 30.7 Å². The summed E-state index contributed by atoms with van der Waals surface area (Å²) in [6, 6.07) is 10.6. The fraction of sp³-hybridized carbons (Fsp3) is 0.533. The summed E-state index contributed by atoms with van der Waals surface area (Å²) < 4.78 is 0. The van der Waals surface area contributed by atoms with Crippen LogP contribution in [0.4, 0.5) is 4.79 Å². The number of hydrogen-bond donors (Lipinski definition) is 2. The molecule has 3 rings (SSSR count). The lowest BCUT2D eigenvalue weighted by Crippen LogP contribution is -2.47. The Labute approximate surface area is 113 Å². The number of benzene rings is 1. The van der Waals surface area contributed by atoms with Gasteiger partial charge in [0.25, 0.3) is 0 Å². The minimum atomic E-state index is -0.754. The summed E-state index contributed by atoms with van der Waals surface area (Å²) in [6.45, 7) is 1.86. The van der Waals surface area contributed by atoms with Gasteiger partial charge >= 0.3 is 6.09 Å². The average Bonchev–Trinajstić information content (AvgIpc) is 3.21. The summed E-state index contributed by atoms with van der Waals surface area (Å²) in [6.07, 6.45) is 2.09. The van der Waals surface area contributed by atoms with Gasteiger partial charge in [-0.15, -0.1) is 0 Å². The number of piperidine rings is 1. The number of carboxylic acid groups (broad SMARTS) is 1. The molecule has 2 fully saturated rings. The van der Waals surface area contributed by atoms with Gasteiger partial charge in [0.15, 0.2) is 0 Å². The highest BCUT2D eigenvalue weighted by Crippen LogP contribution is 2.46. The quantitative estimate of drug-likeness (QED) is 0.876. The fourth-order valence-corrected chi connectivity index (χ4v) is 3.20. The van der Waals surface area contributed by atoms with Crippen LogP contribution in [0.5, 0.6) is 0 Å². The summed E-state index contributed by atoms with van der Waals surface area (Å²) in [5.74, 6) is 0.396. The maximum absolute atomic E-state index is 11.6. The van der Waals surface area contributed by atoms with Gasteiger partial charge in [0.05, 0.1) is 0 Å². The normalized spacial score (nSPS) is 26.9. The van der Waals surface area contributed by atoms with Crippen molar-refractivity contribution in [1.29, 1.82) is 0 Å². The molecule has 0 aromatic heterocycles. The summed E-state index contributed by atoms with van der Waals surface area (Å²) >= 11 is 0. The summed E-state index contributed by atoms with van der Waals surface area (Å²) in [7, 11) is 0. The number of carbonyl (C=O) groups is 1. The lowest BCUT2D eigenvalue weighted by atomic mass is 10.0. The van der Waals surface area contributed by atoms with Gasteiger partial charge in [-0.1, -0.05) is 30.3 Å². The molecular weight excluding hydrogens is 240 g/mol. The van der Waals surface area contributed by atoms with Crippen molar-refractivity contribution in [3.63, 3.8) is 0 Å². The lowest BCUT2D eigenvalue weighted by molar-refractivity contribution is 0.108. The molecule has 1 heterocycles. The number of amides is 1. The second-order valence-corrected chi connectivity index (χ2v) is 5.49. The van der Waals surface area contributed by atoms with Gasteiger partial charge in [0.1, 0.15) is 0 Å². The Bertz CT molecular complexity index is 443. The van der Waals surface area contributed by atoms with E-state index in [-0.39, 0.29) is 12.1 Å². The highest BCUT2D eigenvalue weighted by Gasteiger charge is 2.47. The molecule has 1 aliphatic carbocycles. The van der Waals surface area contributed by atoms with Crippen molar-refractivity contribution in [1.82, 2.24) is 10.2 Å². The third-order valence-electron chi connectivity index (χ3n) is 4.26. The zero-order valence-corrected chi connectivity index (χ0v) is 11.0. The van der Waals surface area contributed by atoms with Crippen LogP contribution in [-0.4, -0.2) is 41.3 Å². The first-order valence-corrected chi connectivity index (χ1v) is 7.04. The molecule has 2 N–H and O–H groups in total. The molecule has 1 aromatic carbocycles. The number of nitrogens with zero attached hydrogens (tertiary/aromatic N) is 1. The molecule has 4 heteroatoms. The van der Waals surface area contributed by atoms with Crippen LogP contribution in [-0.2, 0) is 0 Å². The monoisotopic (exact) mass is 260 g/mol. The molecule has 19 heavy (non-hydrogen) atoms. The minimum absolute atomic E-state index is 0.183. The van der Waals surface area contributed by atoms with E-state index in [9.17, 15) is 9.90 Å². The van der Waals surface area contributed by atoms with E-state index in [1.807, 2.05) is 18.2 Å². The summed E-state index contributed by atoms with van der Waals surface area (Å²) in [4.78, 5) is 13.3. The van der Waals surface area contributed by atoms with Crippen molar-refractivity contribution in [2.45, 2.75) is 37.3 Å². The smallest absolute Gasteiger partial charge is 0.407 e. The first-order chi connectivity index (χ1) is 9.27. The lowest BCUT2D eigenvalue weighted by Gasteiger charge is -2.33. The molecule has 1 aliphatic heterocycles. The zero-order valence-electron chi connectivity index (χ0n) is 11.0. The number of hydrogen-bond acceptors (Lipinski definition) is 2. The maximum atomic E-state index is 11.6. The Hall–Kier alpha value is -1.55. The number of nitrogens with one attached hydrogen (secondary N) is 1. The molecule has 102 valence electrons. The van der Waals surface area contributed by atoms with Gasteiger partial charge in [-0.3, -0.25) is 0 Å². The molecular formula is C15H20N2O2. The van der Waals surface area contributed by atoms with E-state index in [0.29, 0.717) is 5.92 Å². The van der Waals surface area contributed by atoms with Crippen LogP contribution in [0.3, 0.4) is 0 Å². The molecule has 4 nitrogen and oxygen atoms in total. The van der Waals surface area contributed by atoms with Crippen LogP contribution in [0.25, 0.3) is 0 Å². The molecule has 0 bridgehead atoms. The first-order valence-electron chi connectivity index (χ1n) is 7.04. The second-order valence-electron chi connectivity index (χ2n) is 5.49. The Balaban J connectivity index is 1.71. The highest BCUT2D eigenvalue weighted by atomic mass is 16.4. The third-order valence-corrected chi connectivity index (χ3v) is 4.26. The van der Waals surface area contributed by atoms with Crippen molar-refractivity contribution < 1.29 is 9.90 Å². The van der Waals surface area contributed by atoms with Gasteiger partial charge in [0, 0.05) is 18.0 Å². The van der Waals surface area contributed by atoms with Crippen LogP contribution in [0, 0.1) is 0 Å². The van der Waals surface area contributed by atoms with Crippen molar-refractivity contribution in [3.05, 3.63) is 35.9 Å². The Morgan fingerprint density at radius 2 is 1.89 bits per heavy atom. The van der Waals surface area contributed by atoms with Gasteiger partial charge in [-0.05, 0) is 37.9 Å². The fourth-order valence-electron chi connectivity index (χ4n) is 3.20. The summed E-state index contributed by atoms with van der Waals surface area (Å²) in [5, 5.41) is 12.8. The first kappa shape index (κ1) is 12.5. The molecule has 2 unspecified atom stereocenters. The maximum Gasteiger partial charge on any atom is 0.407 e. The van der Waals surface area contributed by atoms with Crippen molar-refractivity contribution >= 4 is 6.09 Å². The predicted octanol–water partition coefficient (Wildman–Crippen LogP) is 2.27. The van der Waals surface area contributed by atoms with Crippen LogP contribution in [0.15, 0.2) is 30.3 Å². The van der Waals surface area contributed by atoms with Gasteiger partial charge in [-0.2, -0.15) is 0 Å². The summed E-state index contributed by atoms with van der Waals surface area (Å²) in [5.41, 5.74) is 1.27. The van der Waals surface area contributed by atoms with E-state index in [4.69, 9.17) is 0 Å². The van der Waals surface area contributed by atoms with Gasteiger partial charge < -0.3 is 15.3 Å². The molecule has 2 atom stereocenters. The van der Waals surface area contributed by atoms with E-state index in [1.54, 1.807) is 4.90 Å². The van der Waals surface area contributed by atoms with E-state index >= 15 is 0 Å². The van der Waals surface area contributed by atoms with Crippen LogP contribution >= 0.6 is 0 Å². The van der Waals surface area contributed by atoms with Crippen molar-refractivity contribution in [3.8, 4) is 0 Å². The number of rotatable bonds is 3. The largest absolute Gasteiger partial charge is 0.465 e. The van der Waals surface area contributed by atoms with Gasteiger partial charge in [-0.25, -0.2) is 4.79 Å². The Morgan fingerprint density at radius 1 is 1.21 bits per heavy atom. The SMILES string of the molecule is O=C(O)N(C1CCNCC1)C1CC1c1ccccc1. The van der Waals surface area contributed by atoms with Gasteiger partial charge in [0.2, 0.25) is 0 Å². The second kappa shape index (κ2) is 5.21. The van der Waals surface area contributed by atoms with Crippen LogP contribution < -0.4 is 5.32 Å². The molecule has 1 saturated heterocycles. The van der Waals surface area contributed by atoms with Crippen LogP contribution in [0.2, 0.25) is 0 Å². The average molecular weight is 260 g/mol. The molecule has 1 aromatic rings. The van der Waals surface area contributed by atoms with E-state index < -0.39 is 6.09 Å². The third kappa shape index (κ3) is 2.59.